The number of carbonyl (C=O) groups excluding carboxylic acids is 2. The first kappa shape index (κ1) is 23.1. The zero-order chi connectivity index (χ0) is 23.9. The highest BCUT2D eigenvalue weighted by atomic mass is 16.5. The summed E-state index contributed by atoms with van der Waals surface area (Å²) in [5, 5.41) is 8.83. The van der Waals surface area contributed by atoms with Crippen LogP contribution in [0.1, 0.15) is 40.6 Å². The van der Waals surface area contributed by atoms with Gasteiger partial charge in [0.25, 0.3) is 5.82 Å². The van der Waals surface area contributed by atoms with Crippen molar-refractivity contribution in [1.29, 1.82) is 0 Å². The quantitative estimate of drug-likeness (QED) is 0.369. The maximum absolute atomic E-state index is 13.0. The second-order valence-corrected chi connectivity index (χ2v) is 7.92. The average Bonchev–Trinajstić information content (AvgIpc) is 3.35. The van der Waals surface area contributed by atoms with Gasteiger partial charge in [-0.3, -0.25) is 4.79 Å². The van der Waals surface area contributed by atoms with Gasteiger partial charge in [0, 0.05) is 6.42 Å². The lowest BCUT2D eigenvalue weighted by molar-refractivity contribution is -0.123. The van der Waals surface area contributed by atoms with E-state index in [9.17, 15) is 9.59 Å². The molecule has 0 saturated carbocycles. The SMILES string of the molecule is CCOC(=O)c1noc([C@@H](Cc2ccccc2)NC(=O)[C@H](N)Cc2ccc3ccccc3c2)n1. The van der Waals surface area contributed by atoms with Crippen LogP contribution in [-0.2, 0) is 22.4 Å². The van der Waals surface area contributed by atoms with Crippen LogP contribution in [0.4, 0.5) is 0 Å². The van der Waals surface area contributed by atoms with Crippen LogP contribution in [0.5, 0.6) is 0 Å². The van der Waals surface area contributed by atoms with E-state index in [0.29, 0.717) is 12.8 Å². The first-order valence-electron chi connectivity index (χ1n) is 11.1. The molecule has 174 valence electrons. The van der Waals surface area contributed by atoms with Gasteiger partial charge in [-0.15, -0.1) is 0 Å². The minimum Gasteiger partial charge on any atom is -0.460 e. The number of esters is 1. The number of nitrogens with one attached hydrogen (secondary N) is 1. The van der Waals surface area contributed by atoms with Crippen molar-refractivity contribution in [3.05, 3.63) is 95.6 Å². The summed E-state index contributed by atoms with van der Waals surface area (Å²) in [5.74, 6) is -1.12. The minimum atomic E-state index is -0.785. The van der Waals surface area contributed by atoms with Crippen molar-refractivity contribution in [3.63, 3.8) is 0 Å². The molecule has 1 heterocycles. The number of hydrogen-bond donors (Lipinski definition) is 2. The molecule has 0 aliphatic heterocycles. The molecule has 8 heteroatoms. The largest absolute Gasteiger partial charge is 0.460 e. The van der Waals surface area contributed by atoms with Crippen molar-refractivity contribution in [2.45, 2.75) is 31.8 Å². The number of hydrogen-bond acceptors (Lipinski definition) is 7. The molecule has 0 saturated heterocycles. The normalized spacial score (nSPS) is 12.8. The fraction of sp³-hybridized carbons (Fsp3) is 0.231. The number of rotatable bonds is 9. The molecule has 1 amide bonds. The number of aromatic nitrogens is 2. The van der Waals surface area contributed by atoms with E-state index in [2.05, 4.69) is 15.5 Å². The van der Waals surface area contributed by atoms with Gasteiger partial charge in [-0.05, 0) is 40.4 Å². The van der Waals surface area contributed by atoms with Crippen molar-refractivity contribution in [3.8, 4) is 0 Å². The average molecular weight is 459 g/mol. The minimum absolute atomic E-state index is 0.109. The van der Waals surface area contributed by atoms with Crippen LogP contribution in [0.2, 0.25) is 0 Å². The van der Waals surface area contributed by atoms with Crippen LogP contribution in [0.25, 0.3) is 10.8 Å². The van der Waals surface area contributed by atoms with Gasteiger partial charge in [-0.2, -0.15) is 4.98 Å². The Morgan fingerprint density at radius 1 is 0.971 bits per heavy atom. The van der Waals surface area contributed by atoms with E-state index < -0.39 is 18.1 Å². The van der Waals surface area contributed by atoms with E-state index in [1.54, 1.807) is 6.92 Å². The number of nitrogens with zero attached hydrogens (tertiary/aromatic N) is 2. The fourth-order valence-electron chi connectivity index (χ4n) is 3.70. The molecule has 0 unspecified atom stereocenters. The second-order valence-electron chi connectivity index (χ2n) is 7.92. The van der Waals surface area contributed by atoms with Crippen molar-refractivity contribution in [2.75, 3.05) is 6.61 Å². The third kappa shape index (κ3) is 5.65. The predicted octanol–water partition coefficient (Wildman–Crippen LogP) is 3.37. The number of ether oxygens (including phenoxy) is 1. The Morgan fingerprint density at radius 3 is 2.47 bits per heavy atom. The van der Waals surface area contributed by atoms with Crippen LogP contribution >= 0.6 is 0 Å². The van der Waals surface area contributed by atoms with Crippen LogP contribution in [0.3, 0.4) is 0 Å². The molecule has 4 aromatic rings. The summed E-state index contributed by atoms with van der Waals surface area (Å²) in [6.45, 7) is 1.88. The van der Waals surface area contributed by atoms with Crippen LogP contribution < -0.4 is 11.1 Å². The van der Waals surface area contributed by atoms with E-state index in [0.717, 1.165) is 21.9 Å². The molecule has 3 N–H and O–H groups in total. The van der Waals surface area contributed by atoms with Gasteiger partial charge in [0.15, 0.2) is 0 Å². The Hall–Kier alpha value is -4.04. The Labute approximate surface area is 197 Å². The summed E-state index contributed by atoms with van der Waals surface area (Å²) in [4.78, 5) is 29.1. The molecule has 34 heavy (non-hydrogen) atoms. The van der Waals surface area contributed by atoms with Crippen LogP contribution in [0, 0.1) is 0 Å². The first-order valence-corrected chi connectivity index (χ1v) is 11.1. The second kappa shape index (κ2) is 10.7. The molecular formula is C26H26N4O4. The maximum Gasteiger partial charge on any atom is 0.379 e. The molecule has 0 radical (unpaired) electrons. The van der Waals surface area contributed by atoms with E-state index in [1.807, 2.05) is 72.8 Å². The summed E-state index contributed by atoms with van der Waals surface area (Å²) in [5.41, 5.74) is 8.17. The number of amides is 1. The molecule has 2 atom stereocenters. The topological polar surface area (TPSA) is 120 Å². The number of fused-ring (bicyclic) bond motifs is 1. The third-order valence-electron chi connectivity index (χ3n) is 5.40. The molecule has 4 rings (SSSR count). The molecule has 0 spiro atoms. The van der Waals surface area contributed by atoms with E-state index in [4.69, 9.17) is 15.0 Å². The molecule has 3 aromatic carbocycles. The highest BCUT2D eigenvalue weighted by Gasteiger charge is 2.26. The summed E-state index contributed by atoms with van der Waals surface area (Å²) in [6.07, 6.45) is 0.756. The van der Waals surface area contributed by atoms with Gasteiger partial charge in [-0.1, -0.05) is 72.8 Å². The zero-order valence-corrected chi connectivity index (χ0v) is 18.8. The van der Waals surface area contributed by atoms with Gasteiger partial charge < -0.3 is 20.3 Å². The lowest BCUT2D eigenvalue weighted by Gasteiger charge is -2.18. The molecule has 0 aliphatic rings. The predicted molar refractivity (Wildman–Crippen MR) is 127 cm³/mol. The summed E-state index contributed by atoms with van der Waals surface area (Å²) < 4.78 is 10.2. The van der Waals surface area contributed by atoms with Gasteiger partial charge >= 0.3 is 5.97 Å². The van der Waals surface area contributed by atoms with Crippen molar-refractivity contribution in [2.24, 2.45) is 5.73 Å². The zero-order valence-electron chi connectivity index (χ0n) is 18.8. The summed E-state index contributed by atoms with van der Waals surface area (Å²) >= 11 is 0. The van der Waals surface area contributed by atoms with Gasteiger partial charge in [0.1, 0.15) is 6.04 Å². The molecule has 0 aliphatic carbocycles. The summed E-state index contributed by atoms with van der Waals surface area (Å²) in [6, 6.07) is 22.2. The lowest BCUT2D eigenvalue weighted by Crippen LogP contribution is -2.44. The van der Waals surface area contributed by atoms with Gasteiger partial charge in [-0.25, -0.2) is 4.79 Å². The Kier molecular flexibility index (Phi) is 7.29. The third-order valence-corrected chi connectivity index (χ3v) is 5.40. The molecule has 0 fully saturated rings. The van der Waals surface area contributed by atoms with E-state index in [1.165, 1.54) is 0 Å². The number of carbonyl (C=O) groups is 2. The van der Waals surface area contributed by atoms with Crippen LogP contribution in [0.15, 0.2) is 77.3 Å². The standard InChI is InChI=1S/C26H26N4O4/c1-2-33-26(32)23-29-25(34-30-23)22(16-17-8-4-3-5-9-17)28-24(31)21(27)15-18-12-13-19-10-6-7-11-20(19)14-18/h3-14,21-22H,2,15-16,27H2,1H3,(H,28,31)/t21-,22-/m1/s1. The monoisotopic (exact) mass is 458 g/mol. The fourth-order valence-corrected chi connectivity index (χ4v) is 3.70. The highest BCUT2D eigenvalue weighted by molar-refractivity contribution is 5.85. The Balaban J connectivity index is 1.50. The Morgan fingerprint density at radius 2 is 1.71 bits per heavy atom. The molecule has 1 aromatic heterocycles. The van der Waals surface area contributed by atoms with E-state index >= 15 is 0 Å². The molecule has 8 nitrogen and oxygen atoms in total. The number of nitrogens with two attached hydrogens (primary N) is 1. The Bertz CT molecular complexity index is 1270. The first-order chi connectivity index (χ1) is 16.5. The van der Waals surface area contributed by atoms with Crippen LogP contribution in [-0.4, -0.2) is 34.7 Å². The smallest absolute Gasteiger partial charge is 0.379 e. The van der Waals surface area contributed by atoms with Crippen molar-refractivity contribution < 1.29 is 18.8 Å². The molecule has 0 bridgehead atoms. The highest BCUT2D eigenvalue weighted by Crippen LogP contribution is 2.19. The maximum atomic E-state index is 13.0. The summed E-state index contributed by atoms with van der Waals surface area (Å²) in [7, 11) is 0. The lowest BCUT2D eigenvalue weighted by atomic mass is 10.0. The van der Waals surface area contributed by atoms with Gasteiger partial charge in [0.05, 0.1) is 12.6 Å². The molecular weight excluding hydrogens is 432 g/mol. The van der Waals surface area contributed by atoms with E-state index in [-0.39, 0.29) is 24.2 Å². The number of benzene rings is 3. The van der Waals surface area contributed by atoms with Crippen molar-refractivity contribution in [1.82, 2.24) is 15.5 Å². The van der Waals surface area contributed by atoms with Crippen molar-refractivity contribution >= 4 is 22.6 Å². The van der Waals surface area contributed by atoms with Gasteiger partial charge in [0.2, 0.25) is 11.8 Å².